The Hall–Kier alpha value is -1.16. The zero-order chi connectivity index (χ0) is 12.3. The molecular formula is C14H21N3O. The van der Waals surface area contributed by atoms with Crippen LogP contribution in [0, 0.1) is 0 Å². The Morgan fingerprint density at radius 2 is 1.94 bits per heavy atom. The topological polar surface area (TPSA) is 47.0 Å². The molecular weight excluding hydrogens is 226 g/mol. The summed E-state index contributed by atoms with van der Waals surface area (Å²) in [6.45, 7) is 0.866. The minimum Gasteiger partial charge on any atom is -0.375 e. The summed E-state index contributed by atoms with van der Waals surface area (Å²) in [4.78, 5) is 8.49. The van der Waals surface area contributed by atoms with Gasteiger partial charge in [0.05, 0.1) is 5.60 Å². The van der Waals surface area contributed by atoms with Crippen LogP contribution >= 0.6 is 0 Å². The number of rotatable bonds is 2. The molecule has 4 heteroatoms. The van der Waals surface area contributed by atoms with Crippen molar-refractivity contribution in [1.82, 2.24) is 9.97 Å². The maximum absolute atomic E-state index is 6.09. The third-order valence-corrected chi connectivity index (χ3v) is 4.16. The summed E-state index contributed by atoms with van der Waals surface area (Å²) in [6, 6.07) is 2.30. The SMILES string of the molecule is c1cnc(NC2CCOC3(CCCCC3)C2)nc1. The molecule has 0 amide bonds. The van der Waals surface area contributed by atoms with E-state index in [2.05, 4.69) is 15.3 Å². The molecule has 0 bridgehead atoms. The summed E-state index contributed by atoms with van der Waals surface area (Å²) in [7, 11) is 0. The second-order valence-corrected chi connectivity index (χ2v) is 5.50. The monoisotopic (exact) mass is 247 g/mol. The summed E-state index contributed by atoms with van der Waals surface area (Å²) in [6.07, 6.45) is 12.2. The van der Waals surface area contributed by atoms with E-state index in [9.17, 15) is 0 Å². The van der Waals surface area contributed by atoms with Crippen LogP contribution in [0.5, 0.6) is 0 Å². The summed E-state index contributed by atoms with van der Waals surface area (Å²) in [5.41, 5.74) is 0.142. The average molecular weight is 247 g/mol. The Balaban J connectivity index is 1.63. The second kappa shape index (κ2) is 5.22. The van der Waals surface area contributed by atoms with Crippen molar-refractivity contribution < 1.29 is 4.74 Å². The summed E-state index contributed by atoms with van der Waals surface area (Å²) >= 11 is 0. The normalized spacial score (nSPS) is 27.0. The van der Waals surface area contributed by atoms with Crippen molar-refractivity contribution in [3.05, 3.63) is 18.5 Å². The van der Waals surface area contributed by atoms with Gasteiger partial charge in [-0.05, 0) is 31.7 Å². The lowest BCUT2D eigenvalue weighted by molar-refractivity contribution is -0.103. The van der Waals surface area contributed by atoms with E-state index in [-0.39, 0.29) is 5.60 Å². The first kappa shape index (κ1) is 11.9. The Kier molecular flexibility index (Phi) is 3.46. The number of nitrogens with one attached hydrogen (secondary N) is 1. The van der Waals surface area contributed by atoms with Crippen LogP contribution < -0.4 is 5.32 Å². The number of aromatic nitrogens is 2. The molecule has 1 aliphatic carbocycles. The molecule has 1 aromatic heterocycles. The van der Waals surface area contributed by atoms with E-state index in [0.717, 1.165) is 25.4 Å². The number of ether oxygens (including phenoxy) is 1. The largest absolute Gasteiger partial charge is 0.375 e. The molecule has 1 atom stereocenters. The molecule has 1 unspecified atom stereocenters. The molecule has 1 saturated heterocycles. The van der Waals surface area contributed by atoms with E-state index >= 15 is 0 Å². The van der Waals surface area contributed by atoms with Gasteiger partial charge in [-0.15, -0.1) is 0 Å². The van der Waals surface area contributed by atoms with Crippen LogP contribution in [0.1, 0.15) is 44.9 Å². The van der Waals surface area contributed by atoms with Crippen molar-refractivity contribution in [3.63, 3.8) is 0 Å². The van der Waals surface area contributed by atoms with Gasteiger partial charge in [-0.25, -0.2) is 9.97 Å². The van der Waals surface area contributed by atoms with Crippen LogP contribution in [-0.4, -0.2) is 28.2 Å². The summed E-state index contributed by atoms with van der Waals surface area (Å²) in [5, 5.41) is 3.45. The fourth-order valence-corrected chi connectivity index (χ4v) is 3.25. The Morgan fingerprint density at radius 1 is 1.17 bits per heavy atom. The van der Waals surface area contributed by atoms with Crippen LogP contribution in [0.4, 0.5) is 5.95 Å². The number of anilines is 1. The molecule has 98 valence electrons. The van der Waals surface area contributed by atoms with Crippen molar-refractivity contribution in [2.75, 3.05) is 11.9 Å². The molecule has 2 heterocycles. The van der Waals surface area contributed by atoms with Gasteiger partial charge in [-0.2, -0.15) is 0 Å². The molecule has 0 aromatic carbocycles. The van der Waals surface area contributed by atoms with Crippen LogP contribution in [-0.2, 0) is 4.74 Å². The third-order valence-electron chi connectivity index (χ3n) is 4.16. The molecule has 1 spiro atoms. The van der Waals surface area contributed by atoms with E-state index in [1.807, 2.05) is 6.07 Å². The minimum absolute atomic E-state index is 0.142. The zero-order valence-electron chi connectivity index (χ0n) is 10.8. The first-order valence-electron chi connectivity index (χ1n) is 7.04. The van der Waals surface area contributed by atoms with Gasteiger partial charge >= 0.3 is 0 Å². The minimum atomic E-state index is 0.142. The van der Waals surface area contributed by atoms with Gasteiger partial charge in [-0.1, -0.05) is 19.3 Å². The number of hydrogen-bond acceptors (Lipinski definition) is 4. The Bertz CT molecular complexity index is 370. The van der Waals surface area contributed by atoms with Crippen LogP contribution in [0.15, 0.2) is 18.5 Å². The number of nitrogens with zero attached hydrogens (tertiary/aromatic N) is 2. The maximum atomic E-state index is 6.09. The summed E-state index contributed by atoms with van der Waals surface area (Å²) < 4.78 is 6.09. The van der Waals surface area contributed by atoms with E-state index in [0.29, 0.717) is 6.04 Å². The molecule has 2 aliphatic rings. The highest BCUT2D eigenvalue weighted by atomic mass is 16.5. The Morgan fingerprint density at radius 3 is 2.72 bits per heavy atom. The van der Waals surface area contributed by atoms with Crippen LogP contribution in [0.3, 0.4) is 0 Å². The second-order valence-electron chi connectivity index (χ2n) is 5.50. The lowest BCUT2D eigenvalue weighted by Crippen LogP contribution is -2.45. The van der Waals surface area contributed by atoms with Gasteiger partial charge in [0.2, 0.25) is 5.95 Å². The van der Waals surface area contributed by atoms with E-state index in [4.69, 9.17) is 4.74 Å². The van der Waals surface area contributed by atoms with E-state index in [1.54, 1.807) is 12.4 Å². The van der Waals surface area contributed by atoms with Crippen molar-refractivity contribution in [1.29, 1.82) is 0 Å². The Labute approximate surface area is 108 Å². The van der Waals surface area contributed by atoms with Gasteiger partial charge < -0.3 is 10.1 Å². The van der Waals surface area contributed by atoms with E-state index in [1.165, 1.54) is 32.1 Å². The molecule has 1 aromatic rings. The van der Waals surface area contributed by atoms with Crippen molar-refractivity contribution in [2.24, 2.45) is 0 Å². The molecule has 3 rings (SSSR count). The maximum Gasteiger partial charge on any atom is 0.222 e. The lowest BCUT2D eigenvalue weighted by atomic mass is 9.78. The smallest absolute Gasteiger partial charge is 0.222 e. The highest BCUT2D eigenvalue weighted by molar-refractivity contribution is 5.24. The number of hydrogen-bond donors (Lipinski definition) is 1. The van der Waals surface area contributed by atoms with Gasteiger partial charge in [-0.3, -0.25) is 0 Å². The molecule has 4 nitrogen and oxygen atoms in total. The van der Waals surface area contributed by atoms with Crippen molar-refractivity contribution in [3.8, 4) is 0 Å². The van der Waals surface area contributed by atoms with Gasteiger partial charge in [0.1, 0.15) is 0 Å². The third kappa shape index (κ3) is 2.64. The lowest BCUT2D eigenvalue weighted by Gasteiger charge is -2.43. The van der Waals surface area contributed by atoms with Crippen molar-refractivity contribution in [2.45, 2.75) is 56.6 Å². The first-order valence-corrected chi connectivity index (χ1v) is 7.04. The zero-order valence-corrected chi connectivity index (χ0v) is 10.8. The molecule has 18 heavy (non-hydrogen) atoms. The molecule has 1 N–H and O–H groups in total. The van der Waals surface area contributed by atoms with Gasteiger partial charge in [0.25, 0.3) is 0 Å². The summed E-state index contributed by atoms with van der Waals surface area (Å²) in [5.74, 6) is 0.746. The average Bonchev–Trinajstić information content (AvgIpc) is 2.41. The highest BCUT2D eigenvalue weighted by Crippen LogP contribution is 2.38. The molecule has 2 fully saturated rings. The van der Waals surface area contributed by atoms with E-state index < -0.39 is 0 Å². The van der Waals surface area contributed by atoms with Gasteiger partial charge in [0.15, 0.2) is 0 Å². The predicted molar refractivity (Wildman–Crippen MR) is 70.4 cm³/mol. The first-order chi connectivity index (χ1) is 8.86. The van der Waals surface area contributed by atoms with Crippen LogP contribution in [0.25, 0.3) is 0 Å². The van der Waals surface area contributed by atoms with Gasteiger partial charge in [0, 0.05) is 25.0 Å². The standard InChI is InChI=1S/C14H21N3O/c1-2-6-14(7-3-1)11-12(5-10-18-14)17-13-15-8-4-9-16-13/h4,8-9,12H,1-3,5-7,10-11H2,(H,15,16,17). The van der Waals surface area contributed by atoms with Crippen LogP contribution in [0.2, 0.25) is 0 Å². The molecule has 1 saturated carbocycles. The molecule has 1 aliphatic heterocycles. The van der Waals surface area contributed by atoms with Crippen molar-refractivity contribution >= 4 is 5.95 Å². The fraction of sp³-hybridized carbons (Fsp3) is 0.714. The predicted octanol–water partition coefficient (Wildman–Crippen LogP) is 2.77. The molecule has 0 radical (unpaired) electrons. The fourth-order valence-electron chi connectivity index (χ4n) is 3.25. The highest BCUT2D eigenvalue weighted by Gasteiger charge is 2.38. The quantitative estimate of drug-likeness (QED) is 0.873.